The van der Waals surface area contributed by atoms with Crippen molar-refractivity contribution in [1.82, 2.24) is 10.6 Å². The Bertz CT molecular complexity index is 517. The predicted molar refractivity (Wildman–Crippen MR) is 104 cm³/mol. The zero-order valence-electron chi connectivity index (χ0n) is 14.0. The summed E-state index contributed by atoms with van der Waals surface area (Å²) in [6.07, 6.45) is 2.37. The number of amides is 1. The van der Waals surface area contributed by atoms with Crippen LogP contribution in [0.5, 0.6) is 5.75 Å². The summed E-state index contributed by atoms with van der Waals surface area (Å²) in [7, 11) is 3.55. The molecule has 1 unspecified atom stereocenters. The number of anilines is 1. The third-order valence-corrected chi connectivity index (χ3v) is 4.10. The zero-order chi connectivity index (χ0) is 15.9. The molecule has 0 radical (unpaired) electrons. The van der Waals surface area contributed by atoms with E-state index in [2.05, 4.69) is 15.5 Å². The first-order chi connectivity index (χ1) is 10.6. The maximum atomic E-state index is 11.9. The molecule has 1 aliphatic heterocycles. The van der Waals surface area contributed by atoms with Gasteiger partial charge in [0.25, 0.3) is 0 Å². The molecule has 1 aromatic carbocycles. The number of methoxy groups -OCH3 is 1. The largest absolute Gasteiger partial charge is 0.495 e. The van der Waals surface area contributed by atoms with Crippen molar-refractivity contribution in [3.05, 3.63) is 23.2 Å². The number of benzene rings is 1. The highest BCUT2D eigenvalue weighted by Gasteiger charge is 2.25. The number of hydrogen-bond donors (Lipinski definition) is 2. The van der Waals surface area contributed by atoms with E-state index in [1.54, 1.807) is 7.11 Å². The number of ether oxygens (including phenoxy) is 1. The summed E-state index contributed by atoms with van der Waals surface area (Å²) in [5.74, 6) is 0.936. The molecule has 1 fully saturated rings. The third-order valence-electron chi connectivity index (χ3n) is 3.87. The van der Waals surface area contributed by atoms with E-state index in [9.17, 15) is 4.79 Å². The summed E-state index contributed by atoms with van der Waals surface area (Å²) in [4.78, 5) is 14.1. The van der Waals surface area contributed by atoms with E-state index in [-0.39, 0.29) is 36.8 Å². The summed E-state index contributed by atoms with van der Waals surface area (Å²) in [6.45, 7) is 2.54. The van der Waals surface area contributed by atoms with Gasteiger partial charge in [0.05, 0.1) is 12.8 Å². The van der Waals surface area contributed by atoms with Gasteiger partial charge in [-0.3, -0.25) is 4.79 Å². The van der Waals surface area contributed by atoms with Crippen molar-refractivity contribution in [3.63, 3.8) is 0 Å². The average Bonchev–Trinajstić information content (AvgIpc) is 2.95. The lowest BCUT2D eigenvalue weighted by molar-refractivity contribution is -0.121. The van der Waals surface area contributed by atoms with Gasteiger partial charge >= 0.3 is 0 Å². The van der Waals surface area contributed by atoms with Gasteiger partial charge in [-0.2, -0.15) is 0 Å². The van der Waals surface area contributed by atoms with Gasteiger partial charge in [0.15, 0.2) is 0 Å². The van der Waals surface area contributed by atoms with Crippen molar-refractivity contribution in [2.24, 2.45) is 0 Å². The molecule has 5 nitrogen and oxygen atoms in total. The Labute approximate surface area is 161 Å². The van der Waals surface area contributed by atoms with Crippen LogP contribution < -0.4 is 20.3 Å². The second-order valence-corrected chi connectivity index (χ2v) is 5.96. The Morgan fingerprint density at radius 1 is 1.42 bits per heavy atom. The van der Waals surface area contributed by atoms with E-state index >= 15 is 0 Å². The molecule has 1 aromatic rings. The molecule has 24 heavy (non-hydrogen) atoms. The van der Waals surface area contributed by atoms with Crippen molar-refractivity contribution in [3.8, 4) is 5.75 Å². The molecular formula is C16H26Cl3N3O2. The second-order valence-electron chi connectivity index (χ2n) is 5.52. The number of nitrogens with zero attached hydrogens (tertiary/aromatic N) is 1. The van der Waals surface area contributed by atoms with E-state index in [4.69, 9.17) is 16.3 Å². The lowest BCUT2D eigenvalue weighted by Crippen LogP contribution is -2.37. The van der Waals surface area contributed by atoms with Crippen molar-refractivity contribution in [2.45, 2.75) is 25.3 Å². The Morgan fingerprint density at radius 2 is 2.17 bits per heavy atom. The third kappa shape index (κ3) is 6.55. The molecule has 1 atom stereocenters. The maximum Gasteiger partial charge on any atom is 0.220 e. The van der Waals surface area contributed by atoms with Crippen LogP contribution in [0.4, 0.5) is 5.69 Å². The van der Waals surface area contributed by atoms with Gasteiger partial charge in [0, 0.05) is 30.6 Å². The second kappa shape index (κ2) is 11.6. The standard InChI is InChI=1S/C16H24ClN3O2.2ClH/c1-18-8-3-4-16(21)19-13-7-9-20(11-13)14-10-12(17)5-6-15(14)22-2;;/h5-6,10,13,18H,3-4,7-9,11H2,1-2H3,(H,19,21);2*1H. The monoisotopic (exact) mass is 397 g/mol. The summed E-state index contributed by atoms with van der Waals surface area (Å²) in [6, 6.07) is 5.80. The van der Waals surface area contributed by atoms with Gasteiger partial charge in [0.2, 0.25) is 5.91 Å². The van der Waals surface area contributed by atoms with E-state index in [1.807, 2.05) is 25.2 Å². The van der Waals surface area contributed by atoms with Crippen LogP contribution in [0.25, 0.3) is 0 Å². The van der Waals surface area contributed by atoms with E-state index in [1.165, 1.54) is 0 Å². The van der Waals surface area contributed by atoms with Crippen LogP contribution in [-0.4, -0.2) is 45.7 Å². The molecule has 0 aliphatic carbocycles. The summed E-state index contributed by atoms with van der Waals surface area (Å²) >= 11 is 6.09. The van der Waals surface area contributed by atoms with E-state index in [0.29, 0.717) is 11.4 Å². The van der Waals surface area contributed by atoms with Crippen LogP contribution in [0, 0.1) is 0 Å². The van der Waals surface area contributed by atoms with Gasteiger partial charge in [-0.05, 0) is 44.6 Å². The number of hydrogen-bond acceptors (Lipinski definition) is 4. The minimum absolute atomic E-state index is 0. The Kier molecular flexibility index (Phi) is 11.2. The number of rotatable bonds is 7. The normalized spacial score (nSPS) is 16.1. The van der Waals surface area contributed by atoms with Crippen molar-refractivity contribution >= 4 is 48.0 Å². The van der Waals surface area contributed by atoms with Crippen molar-refractivity contribution in [1.29, 1.82) is 0 Å². The smallest absolute Gasteiger partial charge is 0.220 e. The fourth-order valence-corrected chi connectivity index (χ4v) is 2.90. The molecule has 1 amide bonds. The van der Waals surface area contributed by atoms with E-state index in [0.717, 1.165) is 43.9 Å². The summed E-state index contributed by atoms with van der Waals surface area (Å²) < 4.78 is 5.40. The molecule has 138 valence electrons. The first-order valence-corrected chi connectivity index (χ1v) is 8.04. The molecule has 1 heterocycles. The van der Waals surface area contributed by atoms with Crippen LogP contribution >= 0.6 is 36.4 Å². The molecule has 1 aliphatic rings. The number of carbonyl (C=O) groups is 1. The fraction of sp³-hybridized carbons (Fsp3) is 0.562. The maximum absolute atomic E-state index is 11.9. The number of halogens is 3. The molecule has 1 saturated heterocycles. The van der Waals surface area contributed by atoms with E-state index < -0.39 is 0 Å². The molecule has 0 saturated carbocycles. The molecular weight excluding hydrogens is 373 g/mol. The number of carbonyl (C=O) groups excluding carboxylic acids is 1. The zero-order valence-corrected chi connectivity index (χ0v) is 16.4. The molecule has 8 heteroatoms. The highest BCUT2D eigenvalue weighted by atomic mass is 35.5. The summed E-state index contributed by atoms with van der Waals surface area (Å²) in [5, 5.41) is 6.85. The molecule has 2 rings (SSSR count). The SMILES string of the molecule is CNCCCC(=O)NC1CCN(c2cc(Cl)ccc2OC)C1.Cl.Cl. The predicted octanol–water partition coefficient (Wildman–Crippen LogP) is 2.89. The van der Waals surface area contributed by atoms with Gasteiger partial charge < -0.3 is 20.3 Å². The molecule has 2 N–H and O–H groups in total. The summed E-state index contributed by atoms with van der Waals surface area (Å²) in [5.41, 5.74) is 0.988. The van der Waals surface area contributed by atoms with Gasteiger partial charge in [-0.15, -0.1) is 24.8 Å². The van der Waals surface area contributed by atoms with Crippen molar-refractivity contribution in [2.75, 3.05) is 38.7 Å². The van der Waals surface area contributed by atoms with Crippen LogP contribution in [0.15, 0.2) is 18.2 Å². The lowest BCUT2D eigenvalue weighted by atomic mass is 10.2. The average molecular weight is 399 g/mol. The first kappa shape index (κ1) is 23.1. The van der Waals surface area contributed by atoms with Crippen molar-refractivity contribution < 1.29 is 9.53 Å². The molecule has 0 bridgehead atoms. The highest BCUT2D eigenvalue weighted by Crippen LogP contribution is 2.33. The lowest BCUT2D eigenvalue weighted by Gasteiger charge is -2.21. The van der Waals surface area contributed by atoms with Crippen LogP contribution in [-0.2, 0) is 4.79 Å². The minimum atomic E-state index is 0. The highest BCUT2D eigenvalue weighted by molar-refractivity contribution is 6.30. The molecule has 0 aromatic heterocycles. The van der Waals surface area contributed by atoms with Gasteiger partial charge in [-0.25, -0.2) is 0 Å². The van der Waals surface area contributed by atoms with Gasteiger partial charge in [0.1, 0.15) is 5.75 Å². The quantitative estimate of drug-likeness (QED) is 0.694. The van der Waals surface area contributed by atoms with Crippen LogP contribution in [0.2, 0.25) is 5.02 Å². The van der Waals surface area contributed by atoms with Gasteiger partial charge in [-0.1, -0.05) is 11.6 Å². The Balaban J connectivity index is 0.00000264. The van der Waals surface area contributed by atoms with Crippen LogP contribution in [0.1, 0.15) is 19.3 Å². The first-order valence-electron chi connectivity index (χ1n) is 7.66. The number of nitrogens with one attached hydrogen (secondary N) is 2. The molecule has 0 spiro atoms. The topological polar surface area (TPSA) is 53.6 Å². The fourth-order valence-electron chi connectivity index (χ4n) is 2.73. The minimum Gasteiger partial charge on any atom is -0.495 e. The van der Waals surface area contributed by atoms with Crippen LogP contribution in [0.3, 0.4) is 0 Å². The Hall–Kier alpha value is -0.880. The Morgan fingerprint density at radius 3 is 2.83 bits per heavy atom.